The molecule has 3 rings (SSSR count). The van der Waals surface area contributed by atoms with E-state index >= 15 is 0 Å². The van der Waals surface area contributed by atoms with E-state index in [0.717, 1.165) is 37.1 Å². The van der Waals surface area contributed by atoms with E-state index in [9.17, 15) is 9.59 Å². The first kappa shape index (κ1) is 19.2. The van der Waals surface area contributed by atoms with Gasteiger partial charge in [-0.2, -0.15) is 5.10 Å². The lowest BCUT2D eigenvalue weighted by molar-refractivity contribution is 0.102. The van der Waals surface area contributed by atoms with Crippen LogP contribution in [0.1, 0.15) is 55.0 Å². The molecule has 27 heavy (non-hydrogen) atoms. The van der Waals surface area contributed by atoms with Crippen molar-refractivity contribution in [1.82, 2.24) is 20.0 Å². The van der Waals surface area contributed by atoms with Gasteiger partial charge >= 0.3 is 0 Å². The molecule has 0 saturated heterocycles. The topological polar surface area (TPSA) is 89.8 Å². The van der Waals surface area contributed by atoms with Gasteiger partial charge in [0.2, 0.25) is 5.13 Å². The number of hydrogen-bond donors (Lipinski definition) is 1. The normalized spacial score (nSPS) is 11.0. The van der Waals surface area contributed by atoms with E-state index in [4.69, 9.17) is 0 Å². The van der Waals surface area contributed by atoms with Crippen molar-refractivity contribution in [3.8, 4) is 0 Å². The summed E-state index contributed by atoms with van der Waals surface area (Å²) < 4.78 is 1.41. The van der Waals surface area contributed by atoms with Crippen molar-refractivity contribution in [1.29, 1.82) is 0 Å². The zero-order chi connectivity index (χ0) is 19.2. The fourth-order valence-corrected chi connectivity index (χ4v) is 3.52. The predicted molar refractivity (Wildman–Crippen MR) is 107 cm³/mol. The van der Waals surface area contributed by atoms with Crippen LogP contribution in [0.3, 0.4) is 0 Å². The standard InChI is InChI=1S/C19H23N5O2S/c1-3-5-6-9-12-24-18(26)14-11-8-7-10-13(14)16(23-24)17(25)20-19-22-21-15(4-2)27-19/h7-8,10-11H,3-6,9,12H2,1-2H3,(H,20,22,25). The fourth-order valence-electron chi connectivity index (χ4n) is 2.85. The van der Waals surface area contributed by atoms with Crippen molar-refractivity contribution in [2.75, 3.05) is 5.32 Å². The van der Waals surface area contributed by atoms with Crippen LogP contribution in [-0.2, 0) is 13.0 Å². The third kappa shape index (κ3) is 4.39. The zero-order valence-electron chi connectivity index (χ0n) is 15.6. The predicted octanol–water partition coefficient (Wildman–Crippen LogP) is 3.64. The van der Waals surface area contributed by atoms with Gasteiger partial charge in [-0.05, 0) is 18.9 Å². The molecule has 2 aromatic heterocycles. The Hall–Kier alpha value is -2.61. The molecule has 0 atom stereocenters. The second-order valence-electron chi connectivity index (χ2n) is 6.29. The van der Waals surface area contributed by atoms with Crippen LogP contribution in [0.25, 0.3) is 10.8 Å². The summed E-state index contributed by atoms with van der Waals surface area (Å²) in [5, 5.41) is 17.5. The molecular weight excluding hydrogens is 362 g/mol. The molecule has 0 spiro atoms. The van der Waals surface area contributed by atoms with E-state index < -0.39 is 0 Å². The second kappa shape index (κ2) is 8.85. The van der Waals surface area contributed by atoms with Crippen LogP contribution in [-0.4, -0.2) is 25.9 Å². The number of unbranched alkanes of at least 4 members (excludes halogenated alkanes) is 3. The molecular formula is C19H23N5O2S. The molecule has 2 heterocycles. The first-order valence-electron chi connectivity index (χ1n) is 9.27. The molecule has 1 N–H and O–H groups in total. The molecule has 0 fully saturated rings. The third-order valence-electron chi connectivity index (χ3n) is 4.30. The van der Waals surface area contributed by atoms with Gasteiger partial charge in [0.25, 0.3) is 11.5 Å². The van der Waals surface area contributed by atoms with Gasteiger partial charge in [-0.25, -0.2) is 4.68 Å². The largest absolute Gasteiger partial charge is 0.295 e. The van der Waals surface area contributed by atoms with Gasteiger partial charge in [0.1, 0.15) is 5.01 Å². The molecule has 0 aliphatic carbocycles. The summed E-state index contributed by atoms with van der Waals surface area (Å²) >= 11 is 1.34. The Labute approximate surface area is 161 Å². The highest BCUT2D eigenvalue weighted by atomic mass is 32.1. The van der Waals surface area contributed by atoms with Crippen LogP contribution in [0.15, 0.2) is 29.1 Å². The number of benzene rings is 1. The van der Waals surface area contributed by atoms with Crippen molar-refractivity contribution >= 4 is 33.1 Å². The molecule has 0 bridgehead atoms. The number of aromatic nitrogens is 4. The number of anilines is 1. The van der Waals surface area contributed by atoms with Crippen LogP contribution in [0, 0.1) is 0 Å². The Morgan fingerprint density at radius 1 is 1.11 bits per heavy atom. The number of carbonyl (C=O) groups is 1. The smallest absolute Gasteiger partial charge is 0.278 e. The molecule has 1 amide bonds. The summed E-state index contributed by atoms with van der Waals surface area (Å²) in [5.41, 5.74) is 0.0665. The monoisotopic (exact) mass is 385 g/mol. The van der Waals surface area contributed by atoms with Crippen molar-refractivity contribution in [2.45, 2.75) is 52.5 Å². The van der Waals surface area contributed by atoms with Gasteiger partial charge in [0.05, 0.1) is 5.39 Å². The lowest BCUT2D eigenvalue weighted by Gasteiger charge is -2.10. The van der Waals surface area contributed by atoms with E-state index in [2.05, 4.69) is 27.5 Å². The number of amides is 1. The minimum Gasteiger partial charge on any atom is -0.295 e. The Balaban J connectivity index is 1.93. The molecule has 0 unspecified atom stereocenters. The molecule has 0 aliphatic heterocycles. The lowest BCUT2D eigenvalue weighted by atomic mass is 10.1. The van der Waals surface area contributed by atoms with Crippen LogP contribution in [0.5, 0.6) is 0 Å². The van der Waals surface area contributed by atoms with Gasteiger partial charge in [-0.15, -0.1) is 10.2 Å². The Bertz CT molecular complexity index is 995. The number of rotatable bonds is 8. The van der Waals surface area contributed by atoms with Crippen molar-refractivity contribution < 1.29 is 4.79 Å². The lowest BCUT2D eigenvalue weighted by Crippen LogP contribution is -2.27. The summed E-state index contributed by atoms with van der Waals surface area (Å²) in [6.07, 6.45) is 4.89. The fraction of sp³-hybridized carbons (Fsp3) is 0.421. The highest BCUT2D eigenvalue weighted by Crippen LogP contribution is 2.19. The number of fused-ring (bicyclic) bond motifs is 1. The molecule has 1 aromatic carbocycles. The maximum atomic E-state index is 12.8. The summed E-state index contributed by atoms with van der Waals surface area (Å²) in [7, 11) is 0. The van der Waals surface area contributed by atoms with Gasteiger partial charge in [0.15, 0.2) is 5.69 Å². The van der Waals surface area contributed by atoms with E-state index in [1.807, 2.05) is 6.92 Å². The van der Waals surface area contributed by atoms with E-state index in [1.54, 1.807) is 24.3 Å². The number of hydrogen-bond acceptors (Lipinski definition) is 6. The molecule has 142 valence electrons. The minimum absolute atomic E-state index is 0.164. The number of carbonyl (C=O) groups excluding carboxylic acids is 1. The van der Waals surface area contributed by atoms with Crippen LogP contribution < -0.4 is 10.9 Å². The van der Waals surface area contributed by atoms with Gasteiger partial charge in [-0.1, -0.05) is 62.6 Å². The first-order chi connectivity index (χ1) is 13.1. The molecule has 0 radical (unpaired) electrons. The molecule has 7 nitrogen and oxygen atoms in total. The summed E-state index contributed by atoms with van der Waals surface area (Å²) in [5.74, 6) is -0.382. The molecule has 0 aliphatic rings. The van der Waals surface area contributed by atoms with Crippen molar-refractivity contribution in [3.63, 3.8) is 0 Å². The maximum Gasteiger partial charge on any atom is 0.278 e. The van der Waals surface area contributed by atoms with Gasteiger partial charge in [0, 0.05) is 11.9 Å². The van der Waals surface area contributed by atoms with Gasteiger partial charge < -0.3 is 0 Å². The van der Waals surface area contributed by atoms with E-state index in [-0.39, 0.29) is 17.2 Å². The summed E-state index contributed by atoms with van der Waals surface area (Å²) in [6.45, 7) is 4.62. The molecule has 0 saturated carbocycles. The second-order valence-corrected chi connectivity index (χ2v) is 7.35. The highest BCUT2D eigenvalue weighted by Gasteiger charge is 2.18. The van der Waals surface area contributed by atoms with Crippen molar-refractivity contribution in [2.24, 2.45) is 0 Å². The third-order valence-corrected chi connectivity index (χ3v) is 5.28. The quantitative estimate of drug-likeness (QED) is 0.598. The number of nitrogens with one attached hydrogen (secondary N) is 1. The average molecular weight is 385 g/mol. The molecule has 8 heteroatoms. The van der Waals surface area contributed by atoms with Crippen molar-refractivity contribution in [3.05, 3.63) is 45.3 Å². The maximum absolute atomic E-state index is 12.8. The van der Waals surface area contributed by atoms with Crippen LogP contribution in [0.4, 0.5) is 5.13 Å². The highest BCUT2D eigenvalue weighted by molar-refractivity contribution is 7.15. The Morgan fingerprint density at radius 3 is 2.59 bits per heavy atom. The number of aryl methyl sites for hydroxylation is 2. The summed E-state index contributed by atoms with van der Waals surface area (Å²) in [4.78, 5) is 25.5. The average Bonchev–Trinajstić information content (AvgIpc) is 3.14. The summed E-state index contributed by atoms with van der Waals surface area (Å²) in [6, 6.07) is 7.08. The first-order valence-corrected chi connectivity index (χ1v) is 10.1. The van der Waals surface area contributed by atoms with E-state index in [1.165, 1.54) is 16.0 Å². The van der Waals surface area contributed by atoms with Gasteiger partial charge in [-0.3, -0.25) is 14.9 Å². The van der Waals surface area contributed by atoms with E-state index in [0.29, 0.717) is 22.4 Å². The van der Waals surface area contributed by atoms with Crippen LogP contribution >= 0.6 is 11.3 Å². The minimum atomic E-state index is -0.382. The number of nitrogens with zero attached hydrogens (tertiary/aromatic N) is 4. The Kier molecular flexibility index (Phi) is 6.28. The van der Waals surface area contributed by atoms with Crippen LogP contribution in [0.2, 0.25) is 0 Å². The Morgan fingerprint density at radius 2 is 1.89 bits per heavy atom. The zero-order valence-corrected chi connectivity index (χ0v) is 16.4. The SMILES string of the molecule is CCCCCCn1nc(C(=O)Nc2nnc(CC)s2)c2ccccc2c1=O. The molecule has 3 aromatic rings.